The molecule has 126 valence electrons. The van der Waals surface area contributed by atoms with Crippen molar-refractivity contribution >= 4 is 17.5 Å². The van der Waals surface area contributed by atoms with Crippen molar-refractivity contribution < 1.29 is 14.3 Å². The van der Waals surface area contributed by atoms with Crippen molar-refractivity contribution in [1.29, 1.82) is 0 Å². The number of nitrogens with zero attached hydrogens (tertiary/aromatic N) is 1. The van der Waals surface area contributed by atoms with E-state index in [1.807, 2.05) is 4.90 Å². The molecule has 1 saturated heterocycles. The van der Waals surface area contributed by atoms with Crippen LogP contribution in [0.2, 0.25) is 5.02 Å². The number of carbonyl (C=O) groups is 1. The minimum atomic E-state index is 0.00479. The molecule has 1 spiro atoms. The number of likely N-dealkylation sites (tertiary alicyclic amines) is 1. The van der Waals surface area contributed by atoms with Crippen molar-refractivity contribution in [3.63, 3.8) is 0 Å². The van der Waals surface area contributed by atoms with E-state index in [-0.39, 0.29) is 17.4 Å². The van der Waals surface area contributed by atoms with Gasteiger partial charge in [0.2, 0.25) is 0 Å². The minimum Gasteiger partial charge on any atom is -0.496 e. The summed E-state index contributed by atoms with van der Waals surface area (Å²) in [7, 11) is 3.37. The number of halogens is 1. The summed E-state index contributed by atoms with van der Waals surface area (Å²) in [6, 6.07) is 5.20. The number of ether oxygens (including phenoxy) is 2. The second-order valence-corrected chi connectivity index (χ2v) is 7.09. The fourth-order valence-corrected chi connectivity index (χ4v) is 4.46. The molecule has 2 atom stereocenters. The van der Waals surface area contributed by atoms with Gasteiger partial charge in [0.25, 0.3) is 5.91 Å². The standard InChI is InChI=1S/C18H24ClNO3/c1-22-15-7-6-13(19)11-14(15)17(21)20-10-4-9-18(12-20)8-3-5-16(18)23-2/h6-7,11,16H,3-5,8-10,12H2,1-2H3/t16-,18-/m1/s1. The molecule has 1 amide bonds. The smallest absolute Gasteiger partial charge is 0.257 e. The van der Waals surface area contributed by atoms with E-state index < -0.39 is 0 Å². The van der Waals surface area contributed by atoms with Crippen LogP contribution in [0.5, 0.6) is 5.75 Å². The summed E-state index contributed by atoms with van der Waals surface area (Å²) in [6.45, 7) is 1.55. The third-order valence-corrected chi connectivity index (χ3v) is 5.63. The monoisotopic (exact) mass is 337 g/mol. The van der Waals surface area contributed by atoms with Gasteiger partial charge >= 0.3 is 0 Å². The van der Waals surface area contributed by atoms with Gasteiger partial charge in [-0.25, -0.2) is 0 Å². The Labute approximate surface area is 142 Å². The molecule has 23 heavy (non-hydrogen) atoms. The van der Waals surface area contributed by atoms with Crippen molar-refractivity contribution in [2.75, 3.05) is 27.3 Å². The highest BCUT2D eigenvalue weighted by molar-refractivity contribution is 6.31. The van der Waals surface area contributed by atoms with Crippen LogP contribution in [0.4, 0.5) is 0 Å². The first-order chi connectivity index (χ1) is 11.1. The van der Waals surface area contributed by atoms with Crippen molar-refractivity contribution in [2.45, 2.75) is 38.2 Å². The number of benzene rings is 1. The second-order valence-electron chi connectivity index (χ2n) is 6.65. The Morgan fingerprint density at radius 1 is 1.30 bits per heavy atom. The van der Waals surface area contributed by atoms with Crippen LogP contribution in [0.25, 0.3) is 0 Å². The average Bonchev–Trinajstić information content (AvgIpc) is 2.95. The van der Waals surface area contributed by atoms with E-state index in [9.17, 15) is 4.79 Å². The zero-order valence-corrected chi connectivity index (χ0v) is 14.6. The van der Waals surface area contributed by atoms with Crippen molar-refractivity contribution in [3.8, 4) is 5.75 Å². The number of piperidine rings is 1. The molecule has 4 nitrogen and oxygen atoms in total. The number of hydrogen-bond donors (Lipinski definition) is 0. The first kappa shape index (κ1) is 16.6. The van der Waals surface area contributed by atoms with Gasteiger partial charge in [0, 0.05) is 30.6 Å². The first-order valence-corrected chi connectivity index (χ1v) is 8.63. The Bertz CT molecular complexity index is 592. The first-order valence-electron chi connectivity index (χ1n) is 8.25. The molecule has 1 saturated carbocycles. The lowest BCUT2D eigenvalue weighted by Gasteiger charge is -2.43. The second kappa shape index (κ2) is 6.70. The Morgan fingerprint density at radius 2 is 2.09 bits per heavy atom. The van der Waals surface area contributed by atoms with Crippen LogP contribution >= 0.6 is 11.6 Å². The lowest BCUT2D eigenvalue weighted by molar-refractivity contribution is -0.0295. The van der Waals surface area contributed by atoms with Gasteiger partial charge in [0.15, 0.2) is 0 Å². The van der Waals surface area contributed by atoms with E-state index in [2.05, 4.69) is 0 Å². The Morgan fingerprint density at radius 3 is 2.83 bits per heavy atom. The summed E-state index contributed by atoms with van der Waals surface area (Å²) in [5, 5.41) is 0.552. The van der Waals surface area contributed by atoms with Crippen LogP contribution in [0.1, 0.15) is 42.5 Å². The highest BCUT2D eigenvalue weighted by atomic mass is 35.5. The zero-order valence-electron chi connectivity index (χ0n) is 13.8. The summed E-state index contributed by atoms with van der Waals surface area (Å²) in [4.78, 5) is 15.0. The molecular weight excluding hydrogens is 314 g/mol. The quantitative estimate of drug-likeness (QED) is 0.842. The Balaban J connectivity index is 1.84. The molecule has 1 heterocycles. The maximum atomic E-state index is 13.0. The fourth-order valence-electron chi connectivity index (χ4n) is 4.29. The van der Waals surface area contributed by atoms with Crippen molar-refractivity contribution in [1.82, 2.24) is 4.90 Å². The number of carbonyl (C=O) groups excluding carboxylic acids is 1. The minimum absolute atomic E-state index is 0.00479. The largest absolute Gasteiger partial charge is 0.496 e. The molecule has 1 aromatic rings. The van der Waals surface area contributed by atoms with E-state index in [4.69, 9.17) is 21.1 Å². The molecule has 0 radical (unpaired) electrons. The summed E-state index contributed by atoms with van der Waals surface area (Å²) in [6.07, 6.45) is 5.85. The summed E-state index contributed by atoms with van der Waals surface area (Å²) in [5.41, 5.74) is 0.665. The van der Waals surface area contributed by atoms with Gasteiger partial charge in [-0.2, -0.15) is 0 Å². The molecule has 2 aliphatic rings. The van der Waals surface area contributed by atoms with Crippen molar-refractivity contribution in [2.24, 2.45) is 5.41 Å². The van der Waals surface area contributed by atoms with Crippen LogP contribution in [-0.2, 0) is 4.74 Å². The van der Waals surface area contributed by atoms with Gasteiger partial charge in [-0.05, 0) is 43.9 Å². The predicted octanol–water partition coefficient (Wildman–Crippen LogP) is 3.77. The van der Waals surface area contributed by atoms with Crippen LogP contribution in [-0.4, -0.2) is 44.2 Å². The number of hydrogen-bond acceptors (Lipinski definition) is 3. The molecule has 1 aliphatic heterocycles. The van der Waals surface area contributed by atoms with Crippen LogP contribution in [0.15, 0.2) is 18.2 Å². The Kier molecular flexibility index (Phi) is 4.83. The van der Waals surface area contributed by atoms with E-state index in [0.717, 1.165) is 38.8 Å². The number of rotatable bonds is 3. The topological polar surface area (TPSA) is 38.8 Å². The predicted molar refractivity (Wildman–Crippen MR) is 90.2 cm³/mol. The van der Waals surface area contributed by atoms with Crippen LogP contribution in [0.3, 0.4) is 0 Å². The lowest BCUT2D eigenvalue weighted by Crippen LogP contribution is -2.49. The fraction of sp³-hybridized carbons (Fsp3) is 0.611. The van der Waals surface area contributed by atoms with E-state index >= 15 is 0 Å². The number of amides is 1. The van der Waals surface area contributed by atoms with Crippen molar-refractivity contribution in [3.05, 3.63) is 28.8 Å². The molecule has 0 N–H and O–H groups in total. The molecule has 5 heteroatoms. The van der Waals surface area contributed by atoms with E-state index in [0.29, 0.717) is 16.3 Å². The molecular formula is C18H24ClNO3. The molecule has 2 fully saturated rings. The summed E-state index contributed by atoms with van der Waals surface area (Å²) in [5.74, 6) is 0.582. The molecule has 1 aromatic carbocycles. The third kappa shape index (κ3) is 3.07. The zero-order chi connectivity index (χ0) is 16.4. The van der Waals surface area contributed by atoms with Gasteiger partial charge in [-0.1, -0.05) is 18.0 Å². The normalized spacial score (nSPS) is 27.4. The van der Waals surface area contributed by atoms with Gasteiger partial charge in [-0.3, -0.25) is 4.79 Å². The number of methoxy groups -OCH3 is 2. The highest BCUT2D eigenvalue weighted by Crippen LogP contribution is 2.46. The van der Waals surface area contributed by atoms with Crippen LogP contribution in [0, 0.1) is 5.41 Å². The van der Waals surface area contributed by atoms with Gasteiger partial charge in [-0.15, -0.1) is 0 Å². The van der Waals surface area contributed by atoms with Gasteiger partial charge in [0.05, 0.1) is 18.8 Å². The molecule has 0 unspecified atom stereocenters. The maximum Gasteiger partial charge on any atom is 0.257 e. The van der Waals surface area contributed by atoms with Gasteiger partial charge in [0.1, 0.15) is 5.75 Å². The summed E-state index contributed by atoms with van der Waals surface area (Å²) < 4.78 is 11.1. The van der Waals surface area contributed by atoms with E-state index in [1.165, 1.54) is 6.42 Å². The molecule has 0 bridgehead atoms. The Hall–Kier alpha value is -1.26. The van der Waals surface area contributed by atoms with Crippen LogP contribution < -0.4 is 4.74 Å². The lowest BCUT2D eigenvalue weighted by atomic mass is 9.76. The molecule has 0 aromatic heterocycles. The maximum absolute atomic E-state index is 13.0. The molecule has 1 aliphatic carbocycles. The third-order valence-electron chi connectivity index (χ3n) is 5.40. The molecule has 3 rings (SSSR count). The van der Waals surface area contributed by atoms with E-state index in [1.54, 1.807) is 32.4 Å². The highest BCUT2D eigenvalue weighted by Gasteiger charge is 2.46. The average molecular weight is 338 g/mol. The van der Waals surface area contributed by atoms with Gasteiger partial charge < -0.3 is 14.4 Å². The SMILES string of the molecule is COc1ccc(Cl)cc1C(=O)N1CCC[C@]2(CCC[C@H]2OC)C1. The summed E-state index contributed by atoms with van der Waals surface area (Å²) >= 11 is 6.08.